The zero-order chi connectivity index (χ0) is 19.4. The van der Waals surface area contributed by atoms with Crippen LogP contribution < -0.4 is 10.6 Å². The maximum Gasteiger partial charge on any atom is 0.267 e. The normalized spacial score (nSPS) is 24.8. The Bertz CT molecular complexity index is 622. The molecule has 0 bridgehead atoms. The van der Waals surface area contributed by atoms with Crippen molar-refractivity contribution in [2.24, 2.45) is 17.1 Å². The molecule has 1 aromatic rings. The van der Waals surface area contributed by atoms with Crippen molar-refractivity contribution >= 4 is 11.6 Å². The van der Waals surface area contributed by atoms with E-state index in [0.29, 0.717) is 23.1 Å². The molecule has 150 valence electrons. The zero-order valence-electron chi connectivity index (χ0n) is 17.0. The van der Waals surface area contributed by atoms with Crippen molar-refractivity contribution in [2.45, 2.75) is 46.1 Å². The lowest BCUT2D eigenvalue weighted by molar-refractivity contribution is -0.0560. The van der Waals surface area contributed by atoms with E-state index in [9.17, 15) is 4.79 Å². The van der Waals surface area contributed by atoms with Gasteiger partial charge in [0.2, 0.25) is 0 Å². The minimum atomic E-state index is -0.482. The number of nitrogens with zero attached hydrogens (tertiary/aromatic N) is 3. The van der Waals surface area contributed by atoms with Crippen molar-refractivity contribution in [1.82, 2.24) is 9.88 Å². The molecule has 27 heavy (non-hydrogen) atoms. The van der Waals surface area contributed by atoms with Gasteiger partial charge in [0.1, 0.15) is 5.69 Å². The summed E-state index contributed by atoms with van der Waals surface area (Å²) in [6.07, 6.45) is 5.43. The quantitative estimate of drug-likeness (QED) is 0.828. The van der Waals surface area contributed by atoms with Gasteiger partial charge in [-0.05, 0) is 29.9 Å². The van der Waals surface area contributed by atoms with Crippen LogP contribution in [0.3, 0.4) is 0 Å². The molecule has 0 spiro atoms. The highest BCUT2D eigenvalue weighted by atomic mass is 16.5. The second kappa shape index (κ2) is 8.57. The molecule has 2 aliphatic rings. The van der Waals surface area contributed by atoms with Gasteiger partial charge in [0.15, 0.2) is 0 Å². The van der Waals surface area contributed by atoms with Gasteiger partial charge in [-0.3, -0.25) is 9.69 Å². The first-order valence-corrected chi connectivity index (χ1v) is 10.3. The lowest BCUT2D eigenvalue weighted by Crippen LogP contribution is -2.54. The van der Waals surface area contributed by atoms with E-state index < -0.39 is 5.91 Å². The molecule has 2 fully saturated rings. The topological polar surface area (TPSA) is 71.7 Å². The SMILES string of the molecule is CCC(C)(CC)C1COCC(N2CCN(c3ccc(C(N)=O)nc3)CC2)C1. The van der Waals surface area contributed by atoms with Crippen molar-refractivity contribution in [3.8, 4) is 0 Å². The summed E-state index contributed by atoms with van der Waals surface area (Å²) in [4.78, 5) is 20.3. The van der Waals surface area contributed by atoms with E-state index in [1.165, 1.54) is 19.3 Å². The Morgan fingerprint density at radius 1 is 1.22 bits per heavy atom. The Balaban J connectivity index is 1.56. The summed E-state index contributed by atoms with van der Waals surface area (Å²) in [6, 6.07) is 4.18. The van der Waals surface area contributed by atoms with Crippen molar-refractivity contribution < 1.29 is 9.53 Å². The van der Waals surface area contributed by atoms with Gasteiger partial charge < -0.3 is 15.4 Å². The number of amides is 1. The number of nitrogens with two attached hydrogens (primary N) is 1. The number of piperazine rings is 1. The first-order valence-electron chi connectivity index (χ1n) is 10.3. The number of hydrogen-bond acceptors (Lipinski definition) is 5. The molecule has 6 heteroatoms. The molecule has 0 aliphatic carbocycles. The number of carbonyl (C=O) groups excluding carboxylic acids is 1. The van der Waals surface area contributed by atoms with Crippen LogP contribution in [-0.2, 0) is 4.74 Å². The number of anilines is 1. The van der Waals surface area contributed by atoms with Crippen LogP contribution in [-0.4, -0.2) is 61.2 Å². The third-order valence-electron chi connectivity index (χ3n) is 6.98. The molecular formula is C21H34N4O2. The highest BCUT2D eigenvalue weighted by molar-refractivity contribution is 5.90. The fourth-order valence-electron chi connectivity index (χ4n) is 4.44. The molecular weight excluding hydrogens is 340 g/mol. The number of hydrogen-bond donors (Lipinski definition) is 1. The average Bonchev–Trinajstić information content (AvgIpc) is 2.73. The van der Waals surface area contributed by atoms with Gasteiger partial charge in [-0.1, -0.05) is 33.6 Å². The van der Waals surface area contributed by atoms with E-state index in [1.54, 1.807) is 12.3 Å². The summed E-state index contributed by atoms with van der Waals surface area (Å²) in [7, 11) is 0. The Morgan fingerprint density at radius 3 is 2.48 bits per heavy atom. The molecule has 0 aromatic carbocycles. The van der Waals surface area contributed by atoms with Crippen molar-refractivity contribution in [2.75, 3.05) is 44.3 Å². The second-order valence-electron chi connectivity index (χ2n) is 8.27. The smallest absolute Gasteiger partial charge is 0.267 e. The Kier molecular flexibility index (Phi) is 6.37. The number of primary amides is 1. The van der Waals surface area contributed by atoms with E-state index in [-0.39, 0.29) is 0 Å². The van der Waals surface area contributed by atoms with Gasteiger partial charge in [-0.15, -0.1) is 0 Å². The van der Waals surface area contributed by atoms with Crippen LogP contribution in [0.4, 0.5) is 5.69 Å². The highest BCUT2D eigenvalue weighted by Gasteiger charge is 2.37. The molecule has 2 atom stereocenters. The van der Waals surface area contributed by atoms with Crippen molar-refractivity contribution in [3.05, 3.63) is 24.0 Å². The Morgan fingerprint density at radius 2 is 1.93 bits per heavy atom. The van der Waals surface area contributed by atoms with Crippen molar-refractivity contribution in [1.29, 1.82) is 0 Å². The molecule has 0 radical (unpaired) electrons. The average molecular weight is 375 g/mol. The largest absolute Gasteiger partial charge is 0.380 e. The maximum absolute atomic E-state index is 11.2. The van der Waals surface area contributed by atoms with Crippen LogP contribution in [0.2, 0.25) is 0 Å². The monoisotopic (exact) mass is 374 g/mol. The van der Waals surface area contributed by atoms with E-state index in [4.69, 9.17) is 10.5 Å². The number of rotatable bonds is 6. The maximum atomic E-state index is 11.2. The number of pyridine rings is 1. The molecule has 0 saturated carbocycles. The van der Waals surface area contributed by atoms with E-state index in [0.717, 1.165) is 45.1 Å². The third-order valence-corrected chi connectivity index (χ3v) is 6.98. The van der Waals surface area contributed by atoms with E-state index in [1.807, 2.05) is 6.07 Å². The Hall–Kier alpha value is -1.66. The highest BCUT2D eigenvalue weighted by Crippen LogP contribution is 2.40. The lowest BCUT2D eigenvalue weighted by atomic mass is 9.70. The third kappa shape index (κ3) is 4.43. The van der Waals surface area contributed by atoms with Gasteiger partial charge in [-0.25, -0.2) is 4.98 Å². The molecule has 2 N–H and O–H groups in total. The van der Waals surface area contributed by atoms with Gasteiger partial charge in [-0.2, -0.15) is 0 Å². The fraction of sp³-hybridized carbons (Fsp3) is 0.714. The van der Waals surface area contributed by atoms with Gasteiger partial charge in [0.25, 0.3) is 5.91 Å². The molecule has 2 aliphatic heterocycles. The molecule has 1 aromatic heterocycles. The van der Waals surface area contributed by atoms with E-state index >= 15 is 0 Å². The number of carbonyl (C=O) groups is 1. The van der Waals surface area contributed by atoms with Gasteiger partial charge in [0.05, 0.1) is 25.1 Å². The fourth-order valence-corrected chi connectivity index (χ4v) is 4.44. The first kappa shape index (κ1) is 20.1. The molecule has 6 nitrogen and oxygen atoms in total. The standard InChI is InChI=1S/C21H34N4O2/c1-4-21(3,5-2)16-12-18(15-27-14-16)25-10-8-24(9-11-25)17-6-7-19(20(22)26)23-13-17/h6-7,13,16,18H,4-5,8-12,14-15H2,1-3H3,(H2,22,26). The molecule has 3 rings (SSSR count). The minimum absolute atomic E-state index is 0.317. The number of aromatic nitrogens is 1. The summed E-state index contributed by atoms with van der Waals surface area (Å²) in [5.41, 5.74) is 7.03. The number of ether oxygens (including phenoxy) is 1. The van der Waals surface area contributed by atoms with Crippen molar-refractivity contribution in [3.63, 3.8) is 0 Å². The second-order valence-corrected chi connectivity index (χ2v) is 8.27. The zero-order valence-corrected chi connectivity index (χ0v) is 17.0. The van der Waals surface area contributed by atoms with Crippen LogP contribution >= 0.6 is 0 Å². The minimum Gasteiger partial charge on any atom is -0.380 e. The summed E-state index contributed by atoms with van der Waals surface area (Å²) >= 11 is 0. The summed E-state index contributed by atoms with van der Waals surface area (Å²) in [6.45, 7) is 12.8. The molecule has 1 amide bonds. The van der Waals surface area contributed by atoms with Crippen LogP contribution in [0.25, 0.3) is 0 Å². The first-order chi connectivity index (χ1) is 13.0. The summed E-state index contributed by atoms with van der Waals surface area (Å²) in [5.74, 6) is 0.166. The van der Waals surface area contributed by atoms with Crippen LogP contribution in [0, 0.1) is 11.3 Å². The van der Waals surface area contributed by atoms with Gasteiger partial charge >= 0.3 is 0 Å². The van der Waals surface area contributed by atoms with Crippen LogP contribution in [0.5, 0.6) is 0 Å². The summed E-state index contributed by atoms with van der Waals surface area (Å²) in [5, 5.41) is 0. The summed E-state index contributed by atoms with van der Waals surface area (Å²) < 4.78 is 6.04. The van der Waals surface area contributed by atoms with Crippen LogP contribution in [0.1, 0.15) is 50.5 Å². The molecule has 2 saturated heterocycles. The predicted octanol–water partition coefficient (Wildman–Crippen LogP) is 2.53. The van der Waals surface area contributed by atoms with Crippen LogP contribution in [0.15, 0.2) is 18.3 Å². The molecule has 3 heterocycles. The van der Waals surface area contributed by atoms with Gasteiger partial charge in [0, 0.05) is 32.2 Å². The van der Waals surface area contributed by atoms with E-state index in [2.05, 4.69) is 35.6 Å². The Labute approximate surface area is 163 Å². The lowest BCUT2D eigenvalue weighted by Gasteiger charge is -2.46. The molecule has 2 unspecified atom stereocenters. The predicted molar refractivity (Wildman–Crippen MR) is 108 cm³/mol.